The predicted octanol–water partition coefficient (Wildman–Crippen LogP) is 5.81. The Morgan fingerprint density at radius 2 is 1.77 bits per heavy atom. The Morgan fingerprint density at radius 3 is 2.42 bits per heavy atom. The van der Waals surface area contributed by atoms with Crippen LogP contribution in [-0.4, -0.2) is 19.0 Å². The van der Waals surface area contributed by atoms with Gasteiger partial charge in [0.05, 0.1) is 7.11 Å². The number of carbonyl (C=O) groups is 2. The topological polar surface area (TPSA) is 55.4 Å². The Labute approximate surface area is 159 Å². The summed E-state index contributed by atoms with van der Waals surface area (Å²) < 4.78 is 4.94. The van der Waals surface area contributed by atoms with Crippen LogP contribution in [0.1, 0.15) is 61.4 Å². The number of ether oxygens (including phenoxy) is 1. The molecule has 2 aromatic rings. The van der Waals surface area contributed by atoms with Gasteiger partial charge in [-0.15, -0.1) is 11.3 Å². The molecule has 0 saturated heterocycles. The van der Waals surface area contributed by atoms with Crippen molar-refractivity contribution in [1.82, 2.24) is 0 Å². The van der Waals surface area contributed by atoms with Gasteiger partial charge < -0.3 is 10.1 Å². The van der Waals surface area contributed by atoms with Crippen molar-refractivity contribution in [1.29, 1.82) is 0 Å². The van der Waals surface area contributed by atoms with Gasteiger partial charge >= 0.3 is 5.97 Å². The van der Waals surface area contributed by atoms with E-state index in [1.165, 1.54) is 31.3 Å². The summed E-state index contributed by atoms with van der Waals surface area (Å²) in [6.07, 6.45) is 5.96. The van der Waals surface area contributed by atoms with Crippen LogP contribution in [0, 0.1) is 6.92 Å². The van der Waals surface area contributed by atoms with Crippen LogP contribution in [0.2, 0.25) is 0 Å². The number of hydrogen-bond acceptors (Lipinski definition) is 4. The number of thiophene rings is 1. The molecular formula is C21H27NO3S. The van der Waals surface area contributed by atoms with Gasteiger partial charge in [0.25, 0.3) is 0 Å². The summed E-state index contributed by atoms with van der Waals surface area (Å²) in [6.45, 7) is 4.19. The average molecular weight is 374 g/mol. The number of nitrogens with one attached hydrogen (secondary N) is 1. The maximum Gasteiger partial charge on any atom is 0.341 e. The van der Waals surface area contributed by atoms with Crippen molar-refractivity contribution in [3.63, 3.8) is 0 Å². The lowest BCUT2D eigenvalue weighted by atomic mass is 10.0. The fraction of sp³-hybridized carbons (Fsp3) is 0.429. The molecule has 0 unspecified atom stereocenters. The van der Waals surface area contributed by atoms with Gasteiger partial charge in [-0.3, -0.25) is 4.79 Å². The highest BCUT2D eigenvalue weighted by atomic mass is 32.1. The first-order valence-corrected chi connectivity index (χ1v) is 10.0. The highest BCUT2D eigenvalue weighted by Crippen LogP contribution is 2.36. The highest BCUT2D eigenvalue weighted by Gasteiger charge is 2.22. The van der Waals surface area contributed by atoms with Gasteiger partial charge in [0, 0.05) is 17.4 Å². The first kappa shape index (κ1) is 20.2. The van der Waals surface area contributed by atoms with Crippen LogP contribution in [0.4, 0.5) is 5.00 Å². The maximum absolute atomic E-state index is 12.3. The molecule has 4 nitrogen and oxygen atoms in total. The largest absolute Gasteiger partial charge is 0.465 e. The smallest absolute Gasteiger partial charge is 0.341 e. The molecule has 0 fully saturated rings. The van der Waals surface area contributed by atoms with Crippen molar-refractivity contribution in [2.75, 3.05) is 12.4 Å². The van der Waals surface area contributed by atoms with E-state index in [4.69, 9.17) is 4.74 Å². The van der Waals surface area contributed by atoms with E-state index in [0.717, 1.165) is 36.0 Å². The Balaban J connectivity index is 2.12. The summed E-state index contributed by atoms with van der Waals surface area (Å²) >= 11 is 1.36. The SMILES string of the molecule is CCCCCCCC(=O)Nc1scc(-c2ccc(C)cc2)c1C(=O)OC. The summed E-state index contributed by atoms with van der Waals surface area (Å²) in [5, 5.41) is 5.35. The van der Waals surface area contributed by atoms with E-state index >= 15 is 0 Å². The lowest BCUT2D eigenvalue weighted by molar-refractivity contribution is -0.116. The van der Waals surface area contributed by atoms with Crippen LogP contribution in [0.25, 0.3) is 11.1 Å². The number of rotatable bonds is 9. The van der Waals surface area contributed by atoms with Crippen molar-refractivity contribution >= 4 is 28.2 Å². The van der Waals surface area contributed by atoms with Crippen molar-refractivity contribution in [2.24, 2.45) is 0 Å². The van der Waals surface area contributed by atoms with Crippen LogP contribution in [-0.2, 0) is 9.53 Å². The van der Waals surface area contributed by atoms with Gasteiger partial charge in [0.15, 0.2) is 0 Å². The number of benzene rings is 1. The zero-order valence-corrected chi connectivity index (χ0v) is 16.6. The number of carbonyl (C=O) groups excluding carboxylic acids is 2. The van der Waals surface area contributed by atoms with E-state index in [1.807, 2.05) is 36.6 Å². The lowest BCUT2D eigenvalue weighted by Gasteiger charge is -2.08. The molecule has 0 spiro atoms. The van der Waals surface area contributed by atoms with E-state index in [2.05, 4.69) is 12.2 Å². The standard InChI is InChI=1S/C21H27NO3S/c1-4-5-6-7-8-9-18(23)22-20-19(21(24)25-3)17(14-26-20)16-12-10-15(2)11-13-16/h10-14H,4-9H2,1-3H3,(H,22,23). The summed E-state index contributed by atoms with van der Waals surface area (Å²) in [7, 11) is 1.36. The number of unbranched alkanes of at least 4 members (excludes halogenated alkanes) is 4. The third-order valence-electron chi connectivity index (χ3n) is 4.30. The third-order valence-corrected chi connectivity index (χ3v) is 5.20. The van der Waals surface area contributed by atoms with Crippen LogP contribution in [0.5, 0.6) is 0 Å². The monoisotopic (exact) mass is 373 g/mol. The molecule has 1 heterocycles. The van der Waals surface area contributed by atoms with Crippen molar-refractivity contribution < 1.29 is 14.3 Å². The second-order valence-electron chi connectivity index (χ2n) is 6.42. The zero-order chi connectivity index (χ0) is 18.9. The van der Waals surface area contributed by atoms with Gasteiger partial charge in [0.2, 0.25) is 5.91 Å². The molecule has 5 heteroatoms. The Bertz CT molecular complexity index is 734. The van der Waals surface area contributed by atoms with Gasteiger partial charge in [-0.05, 0) is 18.9 Å². The van der Waals surface area contributed by atoms with Crippen molar-refractivity contribution in [3.05, 3.63) is 40.8 Å². The van der Waals surface area contributed by atoms with Gasteiger partial charge in [0.1, 0.15) is 10.6 Å². The van der Waals surface area contributed by atoms with Crippen LogP contribution in [0.15, 0.2) is 29.6 Å². The summed E-state index contributed by atoms with van der Waals surface area (Å²) in [5.74, 6) is -0.482. The molecule has 0 aliphatic carbocycles. The molecule has 2 rings (SSSR count). The second-order valence-corrected chi connectivity index (χ2v) is 7.30. The Hall–Kier alpha value is -2.14. The fourth-order valence-corrected chi connectivity index (χ4v) is 3.75. The Morgan fingerprint density at radius 1 is 1.08 bits per heavy atom. The number of aryl methyl sites for hydroxylation is 1. The molecule has 0 aliphatic rings. The van der Waals surface area contributed by atoms with E-state index in [9.17, 15) is 9.59 Å². The summed E-state index contributed by atoms with van der Waals surface area (Å²) in [6, 6.07) is 7.96. The quantitative estimate of drug-likeness (QED) is 0.446. The van der Waals surface area contributed by atoms with Gasteiger partial charge in [-0.1, -0.05) is 62.4 Å². The van der Waals surface area contributed by atoms with Gasteiger partial charge in [-0.25, -0.2) is 4.79 Å². The van der Waals surface area contributed by atoms with E-state index in [-0.39, 0.29) is 5.91 Å². The molecular weight excluding hydrogens is 346 g/mol. The minimum absolute atomic E-state index is 0.0519. The molecule has 1 N–H and O–H groups in total. The number of hydrogen-bond donors (Lipinski definition) is 1. The first-order valence-electron chi connectivity index (χ1n) is 9.13. The minimum Gasteiger partial charge on any atom is -0.465 e. The molecule has 0 atom stereocenters. The van der Waals surface area contributed by atoms with Crippen LogP contribution >= 0.6 is 11.3 Å². The van der Waals surface area contributed by atoms with E-state index < -0.39 is 5.97 Å². The molecule has 140 valence electrons. The first-order chi connectivity index (χ1) is 12.6. The molecule has 1 aromatic carbocycles. The number of esters is 1. The second kappa shape index (κ2) is 10.1. The maximum atomic E-state index is 12.3. The predicted molar refractivity (Wildman–Crippen MR) is 108 cm³/mol. The molecule has 0 bridgehead atoms. The lowest BCUT2D eigenvalue weighted by Crippen LogP contribution is -2.13. The molecule has 0 saturated carbocycles. The van der Waals surface area contributed by atoms with E-state index in [0.29, 0.717) is 17.0 Å². The average Bonchev–Trinajstić information content (AvgIpc) is 3.05. The molecule has 0 aliphatic heterocycles. The normalized spacial score (nSPS) is 10.6. The summed E-state index contributed by atoms with van der Waals surface area (Å²) in [5.41, 5.74) is 3.31. The summed E-state index contributed by atoms with van der Waals surface area (Å²) in [4.78, 5) is 24.5. The highest BCUT2D eigenvalue weighted by molar-refractivity contribution is 7.15. The van der Waals surface area contributed by atoms with Crippen LogP contribution in [0.3, 0.4) is 0 Å². The van der Waals surface area contributed by atoms with Crippen molar-refractivity contribution in [2.45, 2.75) is 52.4 Å². The molecule has 26 heavy (non-hydrogen) atoms. The number of anilines is 1. The fourth-order valence-electron chi connectivity index (χ4n) is 2.78. The van der Waals surface area contributed by atoms with Crippen LogP contribution < -0.4 is 5.32 Å². The number of amides is 1. The number of methoxy groups -OCH3 is 1. The molecule has 0 radical (unpaired) electrons. The minimum atomic E-state index is -0.430. The molecule has 1 aromatic heterocycles. The molecule has 1 amide bonds. The van der Waals surface area contributed by atoms with Gasteiger partial charge in [-0.2, -0.15) is 0 Å². The van der Waals surface area contributed by atoms with Crippen molar-refractivity contribution in [3.8, 4) is 11.1 Å². The van der Waals surface area contributed by atoms with E-state index in [1.54, 1.807) is 0 Å². The Kier molecular flexibility index (Phi) is 7.85. The zero-order valence-electron chi connectivity index (χ0n) is 15.8. The third kappa shape index (κ3) is 5.43.